The number of carbonyl (C=O) groups is 1. The van der Waals surface area contributed by atoms with Crippen molar-refractivity contribution in [3.05, 3.63) is 82.3 Å². The highest BCUT2D eigenvalue weighted by atomic mass is 32.2. The lowest BCUT2D eigenvalue weighted by Gasteiger charge is -2.06. The molecule has 26 heavy (non-hydrogen) atoms. The van der Waals surface area contributed by atoms with Crippen LogP contribution in [0.25, 0.3) is 0 Å². The minimum absolute atomic E-state index is 0.0495. The fourth-order valence-corrected chi connectivity index (χ4v) is 3.09. The molecule has 2 heterocycles. The average Bonchev–Trinajstić information content (AvgIpc) is 2.61. The lowest BCUT2D eigenvalue weighted by Crippen LogP contribution is -2.18. The number of carbonyl (C=O) groups excluding carboxylic acids is 1. The van der Waals surface area contributed by atoms with Gasteiger partial charge in [0.1, 0.15) is 5.82 Å². The lowest BCUT2D eigenvalue weighted by atomic mass is 10.2. The summed E-state index contributed by atoms with van der Waals surface area (Å²) in [4.78, 5) is 34.7. The largest absolute Gasteiger partial charge is 0.324 e. The minimum Gasteiger partial charge on any atom is -0.324 e. The molecule has 0 saturated heterocycles. The summed E-state index contributed by atoms with van der Waals surface area (Å²) < 4.78 is 13.7. The highest BCUT2D eigenvalue weighted by Crippen LogP contribution is 2.20. The van der Waals surface area contributed by atoms with Crippen molar-refractivity contribution in [1.29, 1.82) is 0 Å². The third kappa shape index (κ3) is 5.00. The van der Waals surface area contributed by atoms with Gasteiger partial charge in [-0.15, -0.1) is 0 Å². The Kier molecular flexibility index (Phi) is 5.75. The molecule has 2 aromatic heterocycles. The summed E-state index contributed by atoms with van der Waals surface area (Å²) in [5, 5.41) is 3.02. The van der Waals surface area contributed by atoms with Crippen LogP contribution < -0.4 is 10.9 Å². The van der Waals surface area contributed by atoms with Crippen molar-refractivity contribution in [2.24, 2.45) is 0 Å². The molecule has 6 nitrogen and oxygen atoms in total. The van der Waals surface area contributed by atoms with Gasteiger partial charge in [-0.25, -0.2) is 9.37 Å². The molecule has 3 rings (SSSR count). The van der Waals surface area contributed by atoms with Crippen LogP contribution in [0, 0.1) is 5.82 Å². The SMILES string of the molecule is O=C(Cc1cc(=O)[nH]c(SCc2ccccc2F)n1)Nc1cccnc1. The van der Waals surface area contributed by atoms with Crippen molar-refractivity contribution in [3.8, 4) is 0 Å². The van der Waals surface area contributed by atoms with Gasteiger partial charge < -0.3 is 10.3 Å². The Hall–Kier alpha value is -3.00. The van der Waals surface area contributed by atoms with E-state index in [-0.39, 0.29) is 23.7 Å². The number of aromatic amines is 1. The zero-order valence-electron chi connectivity index (χ0n) is 13.6. The Morgan fingerprint density at radius 3 is 2.85 bits per heavy atom. The molecule has 0 atom stereocenters. The maximum atomic E-state index is 13.7. The van der Waals surface area contributed by atoms with Gasteiger partial charge in [0.05, 0.1) is 24.0 Å². The van der Waals surface area contributed by atoms with Gasteiger partial charge in [-0.05, 0) is 23.8 Å². The molecule has 0 radical (unpaired) electrons. The number of anilines is 1. The highest BCUT2D eigenvalue weighted by molar-refractivity contribution is 7.98. The molecule has 0 fully saturated rings. The summed E-state index contributed by atoms with van der Waals surface area (Å²) in [7, 11) is 0. The summed E-state index contributed by atoms with van der Waals surface area (Å²) in [5.74, 6) is -0.295. The van der Waals surface area contributed by atoms with E-state index in [0.717, 1.165) is 0 Å². The van der Waals surface area contributed by atoms with Crippen LogP contribution in [0.5, 0.6) is 0 Å². The third-order valence-corrected chi connectivity index (χ3v) is 4.30. The molecule has 2 N–H and O–H groups in total. The quantitative estimate of drug-likeness (QED) is 0.515. The van der Waals surface area contributed by atoms with Gasteiger partial charge in [0.15, 0.2) is 5.16 Å². The van der Waals surface area contributed by atoms with Gasteiger partial charge in [-0.2, -0.15) is 0 Å². The first kappa shape index (κ1) is 17.8. The molecule has 3 aromatic rings. The summed E-state index contributed by atoms with van der Waals surface area (Å²) >= 11 is 1.20. The fraction of sp³-hybridized carbons (Fsp3) is 0.111. The number of hydrogen-bond acceptors (Lipinski definition) is 5. The number of rotatable bonds is 6. The second kappa shape index (κ2) is 8.39. The molecule has 8 heteroatoms. The van der Waals surface area contributed by atoms with Gasteiger partial charge in [-0.3, -0.25) is 14.6 Å². The smallest absolute Gasteiger partial charge is 0.251 e. The molecule has 0 unspecified atom stereocenters. The van der Waals surface area contributed by atoms with Crippen LogP contribution in [0.1, 0.15) is 11.3 Å². The number of H-pyrrole nitrogens is 1. The number of amides is 1. The fourth-order valence-electron chi connectivity index (χ4n) is 2.21. The molecular formula is C18H15FN4O2S. The Bertz CT molecular complexity index is 963. The van der Waals surface area contributed by atoms with Crippen molar-refractivity contribution >= 4 is 23.4 Å². The summed E-state index contributed by atoms with van der Waals surface area (Å²) in [6.45, 7) is 0. The van der Waals surface area contributed by atoms with Crippen molar-refractivity contribution in [2.75, 3.05) is 5.32 Å². The number of halogens is 1. The molecule has 0 aliphatic rings. The van der Waals surface area contributed by atoms with Crippen LogP contribution in [0.3, 0.4) is 0 Å². The van der Waals surface area contributed by atoms with E-state index in [2.05, 4.69) is 20.3 Å². The predicted octanol–water partition coefficient (Wildman–Crippen LogP) is 2.78. The number of nitrogens with one attached hydrogen (secondary N) is 2. The van der Waals surface area contributed by atoms with Crippen LogP contribution in [-0.4, -0.2) is 20.9 Å². The molecule has 0 spiro atoms. The van der Waals surface area contributed by atoms with E-state index in [1.54, 1.807) is 36.5 Å². The standard InChI is InChI=1S/C18H15FN4O2S/c19-15-6-2-1-4-12(15)11-26-18-22-14(9-17(25)23-18)8-16(24)21-13-5-3-7-20-10-13/h1-7,9-10H,8,11H2,(H,21,24)(H,22,23,25). The number of thioether (sulfide) groups is 1. The third-order valence-electron chi connectivity index (χ3n) is 3.38. The zero-order valence-corrected chi connectivity index (χ0v) is 14.4. The molecule has 1 amide bonds. The van der Waals surface area contributed by atoms with Crippen LogP contribution in [0.15, 0.2) is 64.8 Å². The number of hydrogen-bond donors (Lipinski definition) is 2. The number of aromatic nitrogens is 3. The normalized spacial score (nSPS) is 10.5. The molecule has 0 bridgehead atoms. The molecule has 0 aliphatic carbocycles. The van der Waals surface area contributed by atoms with E-state index in [1.807, 2.05) is 0 Å². The molecule has 0 saturated carbocycles. The first-order chi connectivity index (χ1) is 12.6. The topological polar surface area (TPSA) is 87.7 Å². The van der Waals surface area contributed by atoms with E-state index in [0.29, 0.717) is 27.9 Å². The maximum absolute atomic E-state index is 13.7. The second-order valence-corrected chi connectivity index (χ2v) is 6.35. The van der Waals surface area contributed by atoms with E-state index in [4.69, 9.17) is 0 Å². The zero-order chi connectivity index (χ0) is 18.4. The van der Waals surface area contributed by atoms with Crippen LogP contribution >= 0.6 is 11.8 Å². The van der Waals surface area contributed by atoms with E-state index in [1.165, 1.54) is 30.1 Å². The predicted molar refractivity (Wildman–Crippen MR) is 97.4 cm³/mol. The van der Waals surface area contributed by atoms with Gasteiger partial charge in [-0.1, -0.05) is 30.0 Å². The van der Waals surface area contributed by atoms with Gasteiger partial charge >= 0.3 is 0 Å². The van der Waals surface area contributed by atoms with Gasteiger partial charge in [0.25, 0.3) is 5.56 Å². The Labute approximate surface area is 152 Å². The molecule has 1 aromatic carbocycles. The number of nitrogens with zero attached hydrogens (tertiary/aromatic N) is 2. The average molecular weight is 370 g/mol. The van der Waals surface area contributed by atoms with Crippen molar-refractivity contribution < 1.29 is 9.18 Å². The highest BCUT2D eigenvalue weighted by Gasteiger charge is 2.09. The van der Waals surface area contributed by atoms with E-state index < -0.39 is 0 Å². The Balaban J connectivity index is 1.66. The minimum atomic E-state index is -0.361. The Morgan fingerprint density at radius 1 is 1.23 bits per heavy atom. The Morgan fingerprint density at radius 2 is 2.08 bits per heavy atom. The summed E-state index contributed by atoms with van der Waals surface area (Å²) in [5.41, 5.74) is 1.06. The molecule has 132 valence electrons. The van der Waals surface area contributed by atoms with E-state index >= 15 is 0 Å². The van der Waals surface area contributed by atoms with Crippen molar-refractivity contribution in [3.63, 3.8) is 0 Å². The van der Waals surface area contributed by atoms with Crippen LogP contribution in [0.4, 0.5) is 10.1 Å². The van der Waals surface area contributed by atoms with Gasteiger partial charge in [0.2, 0.25) is 5.91 Å². The first-order valence-corrected chi connectivity index (χ1v) is 8.75. The summed E-state index contributed by atoms with van der Waals surface area (Å²) in [6.07, 6.45) is 3.08. The van der Waals surface area contributed by atoms with Gasteiger partial charge in [0, 0.05) is 18.0 Å². The summed E-state index contributed by atoms with van der Waals surface area (Å²) in [6, 6.07) is 11.1. The van der Waals surface area contributed by atoms with Crippen LogP contribution in [-0.2, 0) is 17.0 Å². The number of pyridine rings is 1. The second-order valence-electron chi connectivity index (χ2n) is 5.39. The molecular weight excluding hydrogens is 355 g/mol. The van der Waals surface area contributed by atoms with E-state index in [9.17, 15) is 14.0 Å². The lowest BCUT2D eigenvalue weighted by molar-refractivity contribution is -0.115. The molecule has 0 aliphatic heterocycles. The maximum Gasteiger partial charge on any atom is 0.251 e. The van der Waals surface area contributed by atoms with Crippen molar-refractivity contribution in [1.82, 2.24) is 15.0 Å². The van der Waals surface area contributed by atoms with Crippen LogP contribution in [0.2, 0.25) is 0 Å². The first-order valence-electron chi connectivity index (χ1n) is 7.76. The number of benzene rings is 1. The monoisotopic (exact) mass is 370 g/mol. The van der Waals surface area contributed by atoms with Crippen molar-refractivity contribution in [2.45, 2.75) is 17.3 Å².